The van der Waals surface area contributed by atoms with Crippen LogP contribution in [0.5, 0.6) is 0 Å². The molecule has 8 nitrogen and oxygen atoms in total. The van der Waals surface area contributed by atoms with Gasteiger partial charge in [0.05, 0.1) is 0 Å². The van der Waals surface area contributed by atoms with Crippen molar-refractivity contribution in [3.8, 4) is 0 Å². The third-order valence-corrected chi connectivity index (χ3v) is 30.5. The summed E-state index contributed by atoms with van der Waals surface area (Å²) in [6.07, 6.45) is 118. The van der Waals surface area contributed by atoms with E-state index in [0.29, 0.717) is 38.8 Å². The summed E-state index contributed by atoms with van der Waals surface area (Å²) >= 11 is 0. The largest absolute Gasteiger partial charge is 0.353 e. The van der Waals surface area contributed by atoms with Gasteiger partial charge < -0.3 is 10.6 Å². The first-order valence-corrected chi connectivity index (χ1v) is 58.2. The van der Waals surface area contributed by atoms with Crippen molar-refractivity contribution < 1.29 is 28.8 Å². The van der Waals surface area contributed by atoms with E-state index in [1.807, 2.05) is 76.3 Å². The van der Waals surface area contributed by atoms with Crippen LogP contribution >= 0.6 is 0 Å². The first-order chi connectivity index (χ1) is 67.9. The molecule has 0 spiro atoms. The number of carbonyl (C=O) groups is 6. The summed E-state index contributed by atoms with van der Waals surface area (Å²) in [5.74, 6) is -0.373. The van der Waals surface area contributed by atoms with Gasteiger partial charge in [-0.05, 0) is 277 Å². The topological polar surface area (TPSA) is 126 Å². The summed E-state index contributed by atoms with van der Waals surface area (Å²) in [7, 11) is 0. The second-order valence-electron chi connectivity index (χ2n) is 46.5. The van der Waals surface area contributed by atoms with Gasteiger partial charge in [0.1, 0.15) is 11.6 Å². The number of unbranched alkanes of at least 4 members (excludes halogenated alkanes) is 36. The summed E-state index contributed by atoms with van der Waals surface area (Å²) in [6.45, 7) is 49.6. The lowest BCUT2D eigenvalue weighted by Gasteiger charge is -2.33. The summed E-state index contributed by atoms with van der Waals surface area (Å²) in [5, 5.41) is 6.05. The fourth-order valence-corrected chi connectivity index (χ4v) is 21.4. The summed E-state index contributed by atoms with van der Waals surface area (Å²) in [4.78, 5) is 79.4. The van der Waals surface area contributed by atoms with Gasteiger partial charge in [-0.3, -0.25) is 28.8 Å². The molecule has 0 aromatic heterocycles. The maximum absolute atomic E-state index is 13.8. The van der Waals surface area contributed by atoms with Crippen molar-refractivity contribution in [2.75, 3.05) is 13.1 Å². The van der Waals surface area contributed by atoms with E-state index in [0.717, 1.165) is 85.7 Å². The lowest BCUT2D eigenvalue weighted by molar-refractivity contribution is -0.127. The molecule has 4 aliphatic carbocycles. The molecular weight excluding hydrogens is 1730 g/mol. The monoisotopic (exact) mass is 1950 g/mol. The van der Waals surface area contributed by atoms with Crippen LogP contribution in [0.25, 0.3) is 0 Å². The van der Waals surface area contributed by atoms with Crippen LogP contribution in [0.4, 0.5) is 0 Å². The Labute approximate surface area is 875 Å². The lowest BCUT2D eigenvalue weighted by Crippen LogP contribution is -2.23. The lowest BCUT2D eigenvalue weighted by atomic mass is 9.72. The molecule has 0 aromatic carbocycles. The molecule has 0 aliphatic heterocycles. The Morgan fingerprint density at radius 1 is 0.268 bits per heavy atom. The second-order valence-corrected chi connectivity index (χ2v) is 46.5. The fraction of sp³-hybridized carbons (Fsp3) is 0.657. The highest BCUT2D eigenvalue weighted by molar-refractivity contribution is 5.95. The van der Waals surface area contributed by atoms with Crippen LogP contribution in [-0.4, -0.2) is 48.0 Å². The van der Waals surface area contributed by atoms with Crippen molar-refractivity contribution in [3.63, 3.8) is 0 Å². The minimum atomic E-state index is -0.294. The molecule has 0 bridgehead atoms. The summed E-state index contributed by atoms with van der Waals surface area (Å²) in [6, 6.07) is 0. The predicted octanol–water partition coefficient (Wildman–Crippen LogP) is 39.8. The molecule has 0 aromatic rings. The van der Waals surface area contributed by atoms with Gasteiger partial charge in [-0.15, -0.1) is 0 Å². The number of allylic oxidation sites excluding steroid dienone is 38. The Morgan fingerprint density at radius 3 is 0.697 bits per heavy atom. The van der Waals surface area contributed by atoms with Gasteiger partial charge in [0.15, 0.2) is 11.6 Å². The number of nitrogens with one attached hydrogen (secondary N) is 2. The highest BCUT2D eigenvalue weighted by Gasteiger charge is 2.31. The number of hydrogen-bond donors (Lipinski definition) is 2. The van der Waals surface area contributed by atoms with Crippen molar-refractivity contribution in [1.29, 1.82) is 0 Å². The molecular formula is C134H214N2O6. The number of ketones is 4. The normalized spacial score (nSPS) is 17.7. The molecule has 2 N–H and O–H groups in total. The van der Waals surface area contributed by atoms with Crippen molar-refractivity contribution in [3.05, 3.63) is 235 Å². The van der Waals surface area contributed by atoms with Crippen LogP contribution in [-0.2, 0) is 28.8 Å². The van der Waals surface area contributed by atoms with Crippen molar-refractivity contribution in [2.24, 2.45) is 33.5 Å². The average molecular weight is 1950 g/mol. The van der Waals surface area contributed by atoms with Crippen molar-refractivity contribution in [2.45, 2.75) is 525 Å². The third kappa shape index (κ3) is 61.8. The van der Waals surface area contributed by atoms with E-state index < -0.39 is 0 Å². The van der Waals surface area contributed by atoms with Crippen LogP contribution in [0.1, 0.15) is 525 Å². The summed E-state index contributed by atoms with van der Waals surface area (Å²) in [5.41, 5.74) is 20.9. The highest BCUT2D eigenvalue weighted by atomic mass is 16.2. The first-order valence-electron chi connectivity index (χ1n) is 58.2. The first kappa shape index (κ1) is 129. The Balaban J connectivity index is 0.000000773. The van der Waals surface area contributed by atoms with Crippen molar-refractivity contribution >= 4 is 34.9 Å². The van der Waals surface area contributed by atoms with Gasteiger partial charge in [-0.1, -0.05) is 466 Å². The van der Waals surface area contributed by atoms with Gasteiger partial charge in [0, 0.05) is 62.8 Å². The number of rotatable bonds is 74. The summed E-state index contributed by atoms with van der Waals surface area (Å²) < 4.78 is 0. The van der Waals surface area contributed by atoms with Gasteiger partial charge in [0.2, 0.25) is 11.8 Å². The number of carbonyl (C=O) groups excluding carboxylic acids is 6. The molecule has 142 heavy (non-hydrogen) atoms. The van der Waals surface area contributed by atoms with E-state index in [1.165, 1.54) is 337 Å². The molecule has 8 heteroatoms. The van der Waals surface area contributed by atoms with Crippen LogP contribution in [0, 0.1) is 33.5 Å². The Hall–Kier alpha value is -7.58. The SMILES string of the molecule is CCCCCCCCC(=O)C(CCCCNC(=O)/C=C(C)/C=C/C=C(C)/C=C/C1=C(C)CCCC1(C)C)CC(=O)/C=C(C)/C=C/C=C(C)/C=C/C1=C(C)CCCC1(C)C.CCCCCCCCCCCCCCCCCCCCCCCCCCCCCCCCC(=O)C(CCCCNC(=O)/C=C(C)/C=C/C=C(C)/C=C/C1=C(C)CCCC1(C)C)CC(=O)/C=C(C)/C=C/C=C(C)/C=C/C1=C(C)CCCC1(C)C. The zero-order chi connectivity index (χ0) is 105. The minimum absolute atomic E-state index is 0.000300. The Bertz CT molecular complexity index is 4370. The minimum Gasteiger partial charge on any atom is -0.353 e. The van der Waals surface area contributed by atoms with Gasteiger partial charge in [0.25, 0.3) is 0 Å². The molecule has 0 saturated heterocycles. The molecule has 2 unspecified atom stereocenters. The number of amides is 2. The molecule has 2 atom stereocenters. The van der Waals surface area contributed by atoms with Gasteiger partial charge in [-0.25, -0.2) is 0 Å². The molecule has 4 rings (SSSR count). The second kappa shape index (κ2) is 76.9. The quantitative estimate of drug-likeness (QED) is 0.0355. The standard InChI is InChI=1S/C79H131NO3.C55H83NO3/c1-12-13-14-15-16-17-18-19-20-21-22-23-24-25-26-27-28-29-30-31-32-33-34-35-36-37-38-39-40-41-55-76(82)72(65-73(81)63-68(4)50-44-48-66(2)56-58-74-70(6)52-46-60-78(74,8)9)54-42-43-62-80-77(83)64-69(5)51-45-49-67(3)57-59-75-71(7)53-47-61-79(75,10)11;1-12-13-14-15-16-17-31-52(58)48(41-49(57)39-44(4)26-20-24-42(2)32-34-50-46(6)28-22-36-54(50,8)9)30-18-19-38-56-53(59)40-45(5)27-21-25-43(3)33-35-51-47(7)29-23-37-55(51,10)11/h44-45,48-51,56-59,63-64,72H,12-43,46-47,52-55,60-62,65H2,1-11H3,(H,80,83);20-21,24-27,32-35,39-40,48H,12-19,22-23,28-31,36-38,41H2,1-11H3,(H,56,59)/b50-44+,51-45+,58-56+,59-57+,66-48+,67-49+,68-63+,69-64+;26-20+,27-21+,34-32+,35-33+,42-24+,43-25+,44-39+,45-40+. The van der Waals surface area contributed by atoms with Crippen LogP contribution < -0.4 is 10.6 Å². The molecule has 2 amide bonds. The smallest absolute Gasteiger partial charge is 0.244 e. The van der Waals surface area contributed by atoms with E-state index in [4.69, 9.17) is 0 Å². The zero-order valence-electron chi connectivity index (χ0n) is 95.9. The molecule has 0 radical (unpaired) electrons. The van der Waals surface area contributed by atoms with E-state index in [9.17, 15) is 28.8 Å². The average Bonchev–Trinajstić information content (AvgIpc) is 0.833. The van der Waals surface area contributed by atoms with Crippen LogP contribution in [0.15, 0.2) is 235 Å². The number of hydrogen-bond acceptors (Lipinski definition) is 6. The van der Waals surface area contributed by atoms with E-state index in [2.05, 4.69) is 208 Å². The van der Waals surface area contributed by atoms with Gasteiger partial charge in [-0.2, -0.15) is 0 Å². The van der Waals surface area contributed by atoms with Gasteiger partial charge >= 0.3 is 0 Å². The third-order valence-electron chi connectivity index (χ3n) is 30.5. The van der Waals surface area contributed by atoms with Crippen LogP contribution in [0.2, 0.25) is 0 Å². The van der Waals surface area contributed by atoms with E-state index in [-0.39, 0.29) is 81.3 Å². The van der Waals surface area contributed by atoms with Crippen LogP contribution in [0.3, 0.4) is 0 Å². The Kier molecular flexibility index (Phi) is 69.6. The molecule has 0 saturated carbocycles. The Morgan fingerprint density at radius 2 is 0.479 bits per heavy atom. The maximum atomic E-state index is 13.8. The highest BCUT2D eigenvalue weighted by Crippen LogP contribution is 2.45. The van der Waals surface area contributed by atoms with E-state index >= 15 is 0 Å². The molecule has 796 valence electrons. The molecule has 0 fully saturated rings. The van der Waals surface area contributed by atoms with E-state index in [1.54, 1.807) is 24.3 Å². The molecule has 4 aliphatic rings. The van der Waals surface area contributed by atoms with Crippen molar-refractivity contribution in [1.82, 2.24) is 10.6 Å². The molecule has 0 heterocycles. The predicted molar refractivity (Wildman–Crippen MR) is 621 cm³/mol. The zero-order valence-corrected chi connectivity index (χ0v) is 95.9. The fourth-order valence-electron chi connectivity index (χ4n) is 21.4. The maximum Gasteiger partial charge on any atom is 0.244 e. The number of Topliss-reactive ketones (excluding diaryl/α,β-unsaturated/α-hetero) is 2.